The minimum Gasteiger partial charge on any atom is -0.481 e. The average Bonchev–Trinajstić information content (AvgIpc) is 2.38. The SMILES string of the molecule is CS(=O)(=O)N1CCN(Cc2ccccc2)CC1CC(=O)O. The van der Waals surface area contributed by atoms with Gasteiger partial charge in [-0.1, -0.05) is 30.3 Å². The zero-order chi connectivity index (χ0) is 15.5. The third kappa shape index (κ3) is 4.52. The molecule has 2 rings (SSSR count). The van der Waals surface area contributed by atoms with Crippen molar-refractivity contribution in [1.82, 2.24) is 9.21 Å². The molecule has 1 fully saturated rings. The quantitative estimate of drug-likeness (QED) is 0.862. The van der Waals surface area contributed by atoms with Crippen LogP contribution in [0, 0.1) is 0 Å². The number of carboxylic acids is 1. The lowest BCUT2D eigenvalue weighted by molar-refractivity contribution is -0.138. The van der Waals surface area contributed by atoms with Crippen LogP contribution in [0.1, 0.15) is 12.0 Å². The molecule has 7 heteroatoms. The van der Waals surface area contributed by atoms with E-state index < -0.39 is 22.0 Å². The van der Waals surface area contributed by atoms with Gasteiger partial charge in [-0.25, -0.2) is 8.42 Å². The molecular weight excluding hydrogens is 292 g/mol. The molecule has 0 spiro atoms. The van der Waals surface area contributed by atoms with Crippen LogP contribution in [0.3, 0.4) is 0 Å². The molecule has 0 saturated carbocycles. The van der Waals surface area contributed by atoms with Crippen LogP contribution in [-0.2, 0) is 21.4 Å². The number of hydrogen-bond donors (Lipinski definition) is 1. The number of hydrogen-bond acceptors (Lipinski definition) is 4. The zero-order valence-corrected chi connectivity index (χ0v) is 12.8. The van der Waals surface area contributed by atoms with E-state index in [0.29, 0.717) is 26.2 Å². The minimum atomic E-state index is -3.37. The number of benzene rings is 1. The van der Waals surface area contributed by atoms with Gasteiger partial charge in [-0.05, 0) is 5.56 Å². The number of carbonyl (C=O) groups is 1. The van der Waals surface area contributed by atoms with Gasteiger partial charge in [0.2, 0.25) is 10.0 Å². The highest BCUT2D eigenvalue weighted by atomic mass is 32.2. The van der Waals surface area contributed by atoms with E-state index in [4.69, 9.17) is 5.11 Å². The maximum atomic E-state index is 11.8. The summed E-state index contributed by atoms with van der Waals surface area (Å²) >= 11 is 0. The number of piperazine rings is 1. The van der Waals surface area contributed by atoms with Gasteiger partial charge in [0.1, 0.15) is 0 Å². The molecule has 6 nitrogen and oxygen atoms in total. The first kappa shape index (κ1) is 15.9. The van der Waals surface area contributed by atoms with E-state index >= 15 is 0 Å². The van der Waals surface area contributed by atoms with Crippen LogP contribution >= 0.6 is 0 Å². The first-order valence-corrected chi connectivity index (χ1v) is 8.66. The summed E-state index contributed by atoms with van der Waals surface area (Å²) in [5.74, 6) is -0.977. The standard InChI is InChI=1S/C14H20N2O4S/c1-21(19,20)16-8-7-15(11-13(16)9-14(17)18)10-12-5-3-2-4-6-12/h2-6,13H,7-11H2,1H3,(H,17,18). The third-order valence-corrected chi connectivity index (χ3v) is 4.93. The molecule has 21 heavy (non-hydrogen) atoms. The van der Waals surface area contributed by atoms with Crippen molar-refractivity contribution in [1.29, 1.82) is 0 Å². The smallest absolute Gasteiger partial charge is 0.305 e. The fourth-order valence-electron chi connectivity index (χ4n) is 2.69. The number of sulfonamides is 1. The highest BCUT2D eigenvalue weighted by Gasteiger charge is 2.33. The van der Waals surface area contributed by atoms with Crippen LogP contribution in [-0.4, -0.2) is 60.6 Å². The average molecular weight is 312 g/mol. The molecule has 1 aliphatic heterocycles. The molecule has 1 saturated heterocycles. The van der Waals surface area contributed by atoms with Gasteiger partial charge in [0.15, 0.2) is 0 Å². The van der Waals surface area contributed by atoms with Crippen molar-refractivity contribution in [3.63, 3.8) is 0 Å². The van der Waals surface area contributed by atoms with Crippen LogP contribution in [0.4, 0.5) is 0 Å². The first-order valence-electron chi connectivity index (χ1n) is 6.81. The highest BCUT2D eigenvalue weighted by Crippen LogP contribution is 2.18. The monoisotopic (exact) mass is 312 g/mol. The summed E-state index contributed by atoms with van der Waals surface area (Å²) in [5.41, 5.74) is 1.14. The Kier molecular flexibility index (Phi) is 4.97. The van der Waals surface area contributed by atoms with Crippen LogP contribution in [0.25, 0.3) is 0 Å². The Bertz CT molecular complexity index is 588. The first-order chi connectivity index (χ1) is 9.86. The summed E-state index contributed by atoms with van der Waals surface area (Å²) in [6.07, 6.45) is 0.965. The lowest BCUT2D eigenvalue weighted by Gasteiger charge is -2.39. The largest absolute Gasteiger partial charge is 0.481 e. The predicted molar refractivity (Wildman–Crippen MR) is 79.3 cm³/mol. The lowest BCUT2D eigenvalue weighted by atomic mass is 10.1. The Labute approximate surface area is 125 Å². The second-order valence-corrected chi connectivity index (χ2v) is 7.28. The zero-order valence-electron chi connectivity index (χ0n) is 12.0. The molecule has 1 aromatic carbocycles. The molecular formula is C14H20N2O4S. The van der Waals surface area contributed by atoms with Gasteiger partial charge in [0, 0.05) is 32.2 Å². The molecule has 1 unspecified atom stereocenters. The summed E-state index contributed by atoms with van der Waals surface area (Å²) in [6, 6.07) is 9.37. The van der Waals surface area contributed by atoms with E-state index in [9.17, 15) is 13.2 Å². The van der Waals surface area contributed by atoms with E-state index in [2.05, 4.69) is 4.90 Å². The molecule has 1 N–H and O–H groups in total. The fraction of sp³-hybridized carbons (Fsp3) is 0.500. The summed E-state index contributed by atoms with van der Waals surface area (Å²) in [6.45, 7) is 2.09. The number of aliphatic carboxylic acids is 1. The van der Waals surface area contributed by atoms with Gasteiger partial charge in [-0.3, -0.25) is 9.69 Å². The number of nitrogens with zero attached hydrogens (tertiary/aromatic N) is 2. The Morgan fingerprint density at radius 1 is 1.29 bits per heavy atom. The van der Waals surface area contributed by atoms with Crippen molar-refractivity contribution in [2.75, 3.05) is 25.9 Å². The Balaban J connectivity index is 2.07. The summed E-state index contributed by atoms with van der Waals surface area (Å²) in [7, 11) is -3.37. The van der Waals surface area contributed by atoms with E-state index in [1.54, 1.807) is 0 Å². The van der Waals surface area contributed by atoms with Gasteiger partial charge < -0.3 is 5.11 Å². The maximum Gasteiger partial charge on any atom is 0.305 e. The minimum absolute atomic E-state index is 0.168. The third-order valence-electron chi connectivity index (χ3n) is 3.60. The van der Waals surface area contributed by atoms with Gasteiger partial charge in [0.25, 0.3) is 0 Å². The molecule has 1 heterocycles. The molecule has 0 amide bonds. The lowest BCUT2D eigenvalue weighted by Crippen LogP contribution is -2.55. The Hall–Kier alpha value is -1.44. The highest BCUT2D eigenvalue weighted by molar-refractivity contribution is 7.88. The van der Waals surface area contributed by atoms with Crippen molar-refractivity contribution in [3.8, 4) is 0 Å². The second-order valence-electron chi connectivity index (χ2n) is 5.35. The van der Waals surface area contributed by atoms with Gasteiger partial charge in [-0.2, -0.15) is 4.31 Å². The molecule has 116 valence electrons. The van der Waals surface area contributed by atoms with E-state index in [0.717, 1.165) is 11.8 Å². The summed E-state index contributed by atoms with van der Waals surface area (Å²) in [5, 5.41) is 8.99. The van der Waals surface area contributed by atoms with Crippen molar-refractivity contribution in [2.24, 2.45) is 0 Å². The second kappa shape index (κ2) is 6.55. The summed E-state index contributed by atoms with van der Waals surface area (Å²) in [4.78, 5) is 13.1. The fourth-order valence-corrected chi connectivity index (χ4v) is 3.79. The molecule has 1 atom stereocenters. The van der Waals surface area contributed by atoms with Gasteiger partial charge >= 0.3 is 5.97 Å². The van der Waals surface area contributed by atoms with Crippen molar-refractivity contribution in [3.05, 3.63) is 35.9 Å². The van der Waals surface area contributed by atoms with E-state index in [1.165, 1.54) is 4.31 Å². The summed E-state index contributed by atoms with van der Waals surface area (Å²) < 4.78 is 24.8. The van der Waals surface area contributed by atoms with Crippen LogP contribution in [0.15, 0.2) is 30.3 Å². The molecule has 1 aliphatic rings. The van der Waals surface area contributed by atoms with Crippen molar-refractivity contribution in [2.45, 2.75) is 19.0 Å². The number of rotatable bonds is 5. The van der Waals surface area contributed by atoms with Crippen LogP contribution < -0.4 is 0 Å². The molecule has 1 aromatic rings. The number of carboxylic acid groups (broad SMARTS) is 1. The Morgan fingerprint density at radius 3 is 2.52 bits per heavy atom. The molecule has 0 aliphatic carbocycles. The van der Waals surface area contributed by atoms with Crippen LogP contribution in [0.5, 0.6) is 0 Å². The van der Waals surface area contributed by atoms with E-state index in [-0.39, 0.29) is 6.42 Å². The normalized spacial score (nSPS) is 21.3. The molecule has 0 bridgehead atoms. The predicted octanol–water partition coefficient (Wildman–Crippen LogP) is 0.607. The van der Waals surface area contributed by atoms with Crippen molar-refractivity contribution < 1.29 is 18.3 Å². The maximum absolute atomic E-state index is 11.8. The molecule has 0 aromatic heterocycles. The topological polar surface area (TPSA) is 77.9 Å². The Morgan fingerprint density at radius 2 is 1.95 bits per heavy atom. The molecule has 0 radical (unpaired) electrons. The van der Waals surface area contributed by atoms with Crippen LogP contribution in [0.2, 0.25) is 0 Å². The van der Waals surface area contributed by atoms with Crippen molar-refractivity contribution >= 4 is 16.0 Å². The van der Waals surface area contributed by atoms with Gasteiger partial charge in [-0.15, -0.1) is 0 Å². The van der Waals surface area contributed by atoms with E-state index in [1.807, 2.05) is 30.3 Å². The van der Waals surface area contributed by atoms with Gasteiger partial charge in [0.05, 0.1) is 12.7 Å².